The van der Waals surface area contributed by atoms with Gasteiger partial charge in [0.25, 0.3) is 5.91 Å². The summed E-state index contributed by atoms with van der Waals surface area (Å²) in [5.41, 5.74) is 11.2. The van der Waals surface area contributed by atoms with Crippen molar-refractivity contribution in [2.75, 3.05) is 11.1 Å². The lowest BCUT2D eigenvalue weighted by atomic mass is 10.2. The third kappa shape index (κ3) is 3.00. The van der Waals surface area contributed by atoms with E-state index in [0.29, 0.717) is 0 Å². The van der Waals surface area contributed by atoms with Gasteiger partial charge in [0.05, 0.1) is 17.4 Å². The van der Waals surface area contributed by atoms with Gasteiger partial charge in [-0.15, -0.1) is 0 Å². The van der Waals surface area contributed by atoms with Crippen LogP contribution in [-0.2, 0) is 6.54 Å². The molecule has 0 atom stereocenters. The molecule has 0 aliphatic rings. The summed E-state index contributed by atoms with van der Waals surface area (Å²) in [5, 5.41) is 2.73. The van der Waals surface area contributed by atoms with Gasteiger partial charge >= 0.3 is 0 Å². The van der Waals surface area contributed by atoms with E-state index in [1.54, 1.807) is 0 Å². The fourth-order valence-electron chi connectivity index (χ4n) is 1.67. The van der Waals surface area contributed by atoms with E-state index in [1.165, 1.54) is 12.3 Å². The molecule has 0 aliphatic carbocycles. The molecule has 0 bridgehead atoms. The molecule has 1 aromatic carbocycles. The summed E-state index contributed by atoms with van der Waals surface area (Å²) in [6.45, 7) is -0.0409. The van der Waals surface area contributed by atoms with Crippen LogP contribution in [0, 0.1) is 11.6 Å². The molecule has 0 saturated carbocycles. The Morgan fingerprint density at radius 3 is 2.75 bits per heavy atom. The average molecular weight is 278 g/mol. The number of hydrogen-bond acceptors (Lipinski definition) is 4. The van der Waals surface area contributed by atoms with Gasteiger partial charge in [0, 0.05) is 12.1 Å². The molecule has 0 radical (unpaired) electrons. The topological polar surface area (TPSA) is 94.0 Å². The number of halogens is 2. The van der Waals surface area contributed by atoms with Crippen molar-refractivity contribution in [1.82, 2.24) is 4.98 Å². The molecule has 5 nitrogen and oxygen atoms in total. The second kappa shape index (κ2) is 5.52. The second-order valence-corrected chi connectivity index (χ2v) is 4.12. The zero-order chi connectivity index (χ0) is 14.7. The van der Waals surface area contributed by atoms with E-state index in [-0.39, 0.29) is 29.2 Å². The van der Waals surface area contributed by atoms with Gasteiger partial charge in [0.1, 0.15) is 17.5 Å². The van der Waals surface area contributed by atoms with Crippen LogP contribution in [0.4, 0.5) is 20.3 Å². The summed E-state index contributed by atoms with van der Waals surface area (Å²) in [4.78, 5) is 15.2. The first kappa shape index (κ1) is 13.7. The lowest BCUT2D eigenvalue weighted by molar-refractivity contribution is 0.100. The number of aromatic nitrogens is 1. The summed E-state index contributed by atoms with van der Waals surface area (Å²) in [6, 6.07) is 4.47. The van der Waals surface area contributed by atoms with E-state index in [0.717, 1.165) is 18.2 Å². The number of nitrogens with two attached hydrogens (primary N) is 2. The maximum absolute atomic E-state index is 13.5. The van der Waals surface area contributed by atoms with Crippen LogP contribution in [0.15, 0.2) is 30.5 Å². The Hall–Kier alpha value is -2.70. The highest BCUT2D eigenvalue weighted by Crippen LogP contribution is 2.17. The summed E-state index contributed by atoms with van der Waals surface area (Å²) in [5.74, 6) is -1.67. The SMILES string of the molecule is NC(=O)c1cc(N)cnc1NCc1cc(F)ccc1F. The molecule has 0 spiro atoms. The predicted octanol–water partition coefficient (Wildman–Crippen LogP) is 1.65. The van der Waals surface area contributed by atoms with E-state index in [4.69, 9.17) is 11.5 Å². The highest BCUT2D eigenvalue weighted by atomic mass is 19.1. The summed E-state index contributed by atoms with van der Waals surface area (Å²) >= 11 is 0. The third-order valence-electron chi connectivity index (χ3n) is 2.63. The molecule has 0 unspecified atom stereocenters. The van der Waals surface area contributed by atoms with E-state index >= 15 is 0 Å². The molecule has 5 N–H and O–H groups in total. The first-order valence-corrected chi connectivity index (χ1v) is 5.70. The molecular formula is C13H12F2N4O. The van der Waals surface area contributed by atoms with Crippen LogP contribution in [0.2, 0.25) is 0 Å². The lowest BCUT2D eigenvalue weighted by Crippen LogP contribution is -2.16. The molecule has 7 heteroatoms. The van der Waals surface area contributed by atoms with Crippen molar-refractivity contribution in [3.05, 3.63) is 53.2 Å². The number of pyridine rings is 1. The van der Waals surface area contributed by atoms with Crippen LogP contribution in [0.25, 0.3) is 0 Å². The molecule has 0 saturated heterocycles. The van der Waals surface area contributed by atoms with Crippen LogP contribution in [-0.4, -0.2) is 10.9 Å². The molecule has 20 heavy (non-hydrogen) atoms. The van der Waals surface area contributed by atoms with Gasteiger partial charge in [0.15, 0.2) is 0 Å². The molecule has 2 rings (SSSR count). The summed E-state index contributed by atoms with van der Waals surface area (Å²) in [6.07, 6.45) is 1.33. The molecule has 0 fully saturated rings. The fourth-order valence-corrected chi connectivity index (χ4v) is 1.67. The van der Waals surface area contributed by atoms with Gasteiger partial charge < -0.3 is 16.8 Å². The maximum Gasteiger partial charge on any atom is 0.252 e. The van der Waals surface area contributed by atoms with Crippen molar-refractivity contribution in [2.45, 2.75) is 6.54 Å². The first-order valence-electron chi connectivity index (χ1n) is 5.70. The first-order chi connectivity index (χ1) is 9.47. The van der Waals surface area contributed by atoms with Crippen molar-refractivity contribution in [3.63, 3.8) is 0 Å². The van der Waals surface area contributed by atoms with Crippen molar-refractivity contribution in [2.24, 2.45) is 5.73 Å². The Morgan fingerprint density at radius 1 is 1.30 bits per heavy atom. The normalized spacial score (nSPS) is 10.3. The fraction of sp³-hybridized carbons (Fsp3) is 0.0769. The molecule has 0 aliphatic heterocycles. The van der Waals surface area contributed by atoms with E-state index in [1.807, 2.05) is 0 Å². The van der Waals surface area contributed by atoms with Crippen LogP contribution in [0.3, 0.4) is 0 Å². The Balaban J connectivity index is 2.23. The minimum atomic E-state index is -0.716. The van der Waals surface area contributed by atoms with E-state index in [2.05, 4.69) is 10.3 Å². The standard InChI is InChI=1S/C13H12F2N4O/c14-8-1-2-11(15)7(3-8)5-18-13-10(12(17)20)4-9(16)6-19-13/h1-4,6H,5,16H2,(H2,17,20)(H,18,19). The van der Waals surface area contributed by atoms with Crippen LogP contribution < -0.4 is 16.8 Å². The van der Waals surface area contributed by atoms with Gasteiger partial charge in [-0.2, -0.15) is 0 Å². The Morgan fingerprint density at radius 2 is 2.05 bits per heavy atom. The Bertz CT molecular complexity index is 661. The van der Waals surface area contributed by atoms with Gasteiger partial charge in [0.2, 0.25) is 0 Å². The zero-order valence-corrected chi connectivity index (χ0v) is 10.4. The van der Waals surface area contributed by atoms with Gasteiger partial charge in [-0.05, 0) is 24.3 Å². The van der Waals surface area contributed by atoms with Crippen LogP contribution in [0.5, 0.6) is 0 Å². The number of anilines is 2. The molecule has 2 aromatic rings. The average Bonchev–Trinajstić information content (AvgIpc) is 2.40. The highest BCUT2D eigenvalue weighted by Gasteiger charge is 2.11. The zero-order valence-electron chi connectivity index (χ0n) is 10.4. The Labute approximate surface area is 113 Å². The minimum absolute atomic E-state index is 0.0409. The number of nitrogens with zero attached hydrogens (tertiary/aromatic N) is 1. The van der Waals surface area contributed by atoms with Crippen molar-refractivity contribution < 1.29 is 13.6 Å². The molecule has 1 aromatic heterocycles. The number of primary amides is 1. The number of benzene rings is 1. The predicted molar refractivity (Wildman–Crippen MR) is 70.9 cm³/mol. The Kier molecular flexibility index (Phi) is 3.79. The molecule has 1 amide bonds. The maximum atomic E-state index is 13.5. The van der Waals surface area contributed by atoms with E-state index in [9.17, 15) is 13.6 Å². The number of nitrogens with one attached hydrogen (secondary N) is 1. The van der Waals surface area contributed by atoms with Crippen LogP contribution in [0.1, 0.15) is 15.9 Å². The quantitative estimate of drug-likeness (QED) is 0.792. The third-order valence-corrected chi connectivity index (χ3v) is 2.63. The number of rotatable bonds is 4. The summed E-state index contributed by atoms with van der Waals surface area (Å²) in [7, 11) is 0. The van der Waals surface area contributed by atoms with E-state index < -0.39 is 17.5 Å². The van der Waals surface area contributed by atoms with Crippen LogP contribution >= 0.6 is 0 Å². The number of carbonyl (C=O) groups is 1. The number of nitrogen functional groups attached to an aromatic ring is 1. The van der Waals surface area contributed by atoms with Gasteiger partial charge in [-0.3, -0.25) is 4.79 Å². The smallest absolute Gasteiger partial charge is 0.252 e. The van der Waals surface area contributed by atoms with Gasteiger partial charge in [-0.25, -0.2) is 13.8 Å². The monoisotopic (exact) mass is 278 g/mol. The highest BCUT2D eigenvalue weighted by molar-refractivity contribution is 5.98. The lowest BCUT2D eigenvalue weighted by Gasteiger charge is -2.10. The van der Waals surface area contributed by atoms with Crippen molar-refractivity contribution >= 4 is 17.4 Å². The number of carbonyl (C=O) groups excluding carboxylic acids is 1. The van der Waals surface area contributed by atoms with Crippen molar-refractivity contribution in [3.8, 4) is 0 Å². The summed E-state index contributed by atoms with van der Waals surface area (Å²) < 4.78 is 26.5. The minimum Gasteiger partial charge on any atom is -0.397 e. The van der Waals surface area contributed by atoms with Crippen molar-refractivity contribution in [1.29, 1.82) is 0 Å². The largest absolute Gasteiger partial charge is 0.397 e. The number of amides is 1. The molecular weight excluding hydrogens is 266 g/mol. The molecule has 1 heterocycles. The second-order valence-electron chi connectivity index (χ2n) is 4.12. The molecule has 104 valence electrons. The van der Waals surface area contributed by atoms with Gasteiger partial charge in [-0.1, -0.05) is 0 Å². The number of hydrogen-bond donors (Lipinski definition) is 3.